The lowest BCUT2D eigenvalue weighted by Crippen LogP contribution is -2.48. The second-order valence-electron chi connectivity index (χ2n) is 7.75. The largest absolute Gasteiger partial charge is 0.338 e. The van der Waals surface area contributed by atoms with Crippen LogP contribution in [0.4, 0.5) is 0 Å². The minimum atomic E-state index is -0.0583. The Kier molecular flexibility index (Phi) is 6.10. The quantitative estimate of drug-likeness (QED) is 0.447. The van der Waals surface area contributed by atoms with Crippen molar-refractivity contribution in [3.63, 3.8) is 0 Å². The number of carbonyl (C=O) groups excluding carboxylic acids is 1. The molecule has 0 bridgehead atoms. The molecule has 0 spiro atoms. The molecule has 0 aliphatic carbocycles. The molecule has 5 rings (SSSR count). The molecule has 1 fully saturated rings. The zero-order valence-electron chi connectivity index (χ0n) is 17.8. The molecule has 0 unspecified atom stereocenters. The summed E-state index contributed by atoms with van der Waals surface area (Å²) in [6.45, 7) is 3.19. The third-order valence-corrected chi connectivity index (χ3v) is 5.77. The lowest BCUT2D eigenvalue weighted by molar-refractivity contribution is 0.0614. The fourth-order valence-corrected chi connectivity index (χ4v) is 3.82. The summed E-state index contributed by atoms with van der Waals surface area (Å²) in [5.41, 5.74) is 2.27. The second kappa shape index (κ2) is 9.48. The summed E-state index contributed by atoms with van der Waals surface area (Å²) in [5, 5.41) is 4.72. The van der Waals surface area contributed by atoms with Crippen molar-refractivity contribution in [3.05, 3.63) is 83.5 Å². The third kappa shape index (κ3) is 4.92. The highest BCUT2D eigenvalue weighted by molar-refractivity contribution is 6.30. The Morgan fingerprint density at radius 1 is 0.879 bits per heavy atom. The molecule has 33 heavy (non-hydrogen) atoms. The van der Waals surface area contributed by atoms with Crippen LogP contribution >= 0.6 is 11.6 Å². The number of halogens is 1. The average Bonchev–Trinajstić information content (AvgIpc) is 3.33. The van der Waals surface area contributed by atoms with Crippen LogP contribution in [0.2, 0.25) is 5.02 Å². The number of benzene rings is 2. The number of amides is 1. The fourth-order valence-electron chi connectivity index (χ4n) is 3.69. The standard InChI is InChI=1S/C24H21ClN6O2/c25-20-8-6-18(7-9-20)23-28-21(33-29-23)16-30-10-12-31(13-11-30)24(32)19-14-26-22(27-15-19)17-4-2-1-3-5-17/h1-9,14-15H,10-13,16H2. The molecule has 3 heterocycles. The zero-order chi connectivity index (χ0) is 22.6. The van der Waals surface area contributed by atoms with Crippen molar-refractivity contribution in [1.82, 2.24) is 29.9 Å². The topological polar surface area (TPSA) is 88.3 Å². The minimum Gasteiger partial charge on any atom is -0.338 e. The number of piperazine rings is 1. The van der Waals surface area contributed by atoms with Gasteiger partial charge in [-0.1, -0.05) is 47.1 Å². The molecule has 8 nitrogen and oxygen atoms in total. The maximum atomic E-state index is 12.9. The van der Waals surface area contributed by atoms with Crippen LogP contribution in [0.25, 0.3) is 22.8 Å². The Morgan fingerprint density at radius 3 is 2.24 bits per heavy atom. The van der Waals surface area contributed by atoms with Crippen molar-refractivity contribution in [2.45, 2.75) is 6.54 Å². The molecule has 4 aromatic rings. The Labute approximate surface area is 195 Å². The van der Waals surface area contributed by atoms with Gasteiger partial charge in [0.2, 0.25) is 11.7 Å². The fraction of sp³-hybridized carbons (Fsp3) is 0.208. The first-order chi connectivity index (χ1) is 16.2. The Bertz CT molecular complexity index is 1220. The van der Waals surface area contributed by atoms with Crippen molar-refractivity contribution in [3.8, 4) is 22.8 Å². The Hall–Kier alpha value is -3.62. The SMILES string of the molecule is O=C(c1cnc(-c2ccccc2)nc1)N1CCN(Cc2nc(-c3ccc(Cl)cc3)no2)CC1. The molecule has 0 saturated carbocycles. The summed E-state index contributed by atoms with van der Waals surface area (Å²) in [7, 11) is 0. The van der Waals surface area contributed by atoms with Gasteiger partial charge in [0, 0.05) is 54.7 Å². The van der Waals surface area contributed by atoms with Crippen molar-refractivity contribution < 1.29 is 9.32 Å². The van der Waals surface area contributed by atoms with Gasteiger partial charge in [0.25, 0.3) is 5.91 Å². The lowest BCUT2D eigenvalue weighted by Gasteiger charge is -2.33. The van der Waals surface area contributed by atoms with Crippen molar-refractivity contribution in [2.24, 2.45) is 0 Å². The van der Waals surface area contributed by atoms with E-state index >= 15 is 0 Å². The number of aromatic nitrogens is 4. The van der Waals surface area contributed by atoms with E-state index in [-0.39, 0.29) is 5.91 Å². The average molecular weight is 461 g/mol. The summed E-state index contributed by atoms with van der Waals surface area (Å²) in [6.07, 6.45) is 3.20. The molecule has 0 atom stereocenters. The van der Waals surface area contributed by atoms with Gasteiger partial charge in [-0.3, -0.25) is 9.69 Å². The van der Waals surface area contributed by atoms with Gasteiger partial charge in [-0.25, -0.2) is 9.97 Å². The zero-order valence-corrected chi connectivity index (χ0v) is 18.5. The highest BCUT2D eigenvalue weighted by Gasteiger charge is 2.24. The van der Waals surface area contributed by atoms with Crippen LogP contribution < -0.4 is 0 Å². The van der Waals surface area contributed by atoms with E-state index in [2.05, 4.69) is 25.0 Å². The molecule has 166 valence electrons. The first-order valence-electron chi connectivity index (χ1n) is 10.6. The van der Waals surface area contributed by atoms with Crippen LogP contribution in [0.15, 0.2) is 71.5 Å². The van der Waals surface area contributed by atoms with Crippen LogP contribution in [-0.2, 0) is 6.54 Å². The molecule has 2 aromatic carbocycles. The van der Waals surface area contributed by atoms with Crippen LogP contribution in [0.3, 0.4) is 0 Å². The number of nitrogens with zero attached hydrogens (tertiary/aromatic N) is 6. The molecule has 2 aromatic heterocycles. The summed E-state index contributed by atoms with van der Waals surface area (Å²) < 4.78 is 5.41. The molecule has 9 heteroatoms. The number of hydrogen-bond acceptors (Lipinski definition) is 7. The van der Waals surface area contributed by atoms with Gasteiger partial charge in [-0.15, -0.1) is 0 Å². The van der Waals surface area contributed by atoms with Gasteiger partial charge in [0.15, 0.2) is 5.82 Å². The Morgan fingerprint density at radius 2 is 1.55 bits per heavy atom. The number of carbonyl (C=O) groups is 1. The summed E-state index contributed by atoms with van der Waals surface area (Å²) >= 11 is 5.93. The van der Waals surface area contributed by atoms with E-state index in [1.165, 1.54) is 0 Å². The monoisotopic (exact) mass is 460 g/mol. The molecule has 0 N–H and O–H groups in total. The van der Waals surface area contributed by atoms with Crippen LogP contribution in [-0.4, -0.2) is 62.0 Å². The molecule has 1 amide bonds. The van der Waals surface area contributed by atoms with Crippen molar-refractivity contribution in [2.75, 3.05) is 26.2 Å². The first kappa shape index (κ1) is 21.2. The van der Waals surface area contributed by atoms with E-state index in [1.807, 2.05) is 47.4 Å². The van der Waals surface area contributed by atoms with Crippen LogP contribution in [0.5, 0.6) is 0 Å². The minimum absolute atomic E-state index is 0.0583. The molecule has 1 aliphatic rings. The van der Waals surface area contributed by atoms with E-state index in [0.29, 0.717) is 60.8 Å². The second-order valence-corrected chi connectivity index (χ2v) is 8.18. The normalized spacial score (nSPS) is 14.4. The molecular formula is C24H21ClN6O2. The molecule has 1 aliphatic heterocycles. The van der Waals surface area contributed by atoms with Gasteiger partial charge < -0.3 is 9.42 Å². The predicted molar refractivity (Wildman–Crippen MR) is 123 cm³/mol. The van der Waals surface area contributed by atoms with E-state index < -0.39 is 0 Å². The molecular weight excluding hydrogens is 440 g/mol. The van der Waals surface area contributed by atoms with Gasteiger partial charge in [-0.2, -0.15) is 4.98 Å². The molecule has 0 radical (unpaired) electrons. The van der Waals surface area contributed by atoms with Gasteiger partial charge in [0.1, 0.15) is 0 Å². The van der Waals surface area contributed by atoms with E-state index in [4.69, 9.17) is 16.1 Å². The van der Waals surface area contributed by atoms with Gasteiger partial charge in [0.05, 0.1) is 12.1 Å². The van der Waals surface area contributed by atoms with Crippen molar-refractivity contribution in [1.29, 1.82) is 0 Å². The van der Waals surface area contributed by atoms with Crippen LogP contribution in [0, 0.1) is 0 Å². The van der Waals surface area contributed by atoms with E-state index in [1.54, 1.807) is 24.5 Å². The lowest BCUT2D eigenvalue weighted by atomic mass is 10.2. The van der Waals surface area contributed by atoms with Gasteiger partial charge in [-0.05, 0) is 24.3 Å². The van der Waals surface area contributed by atoms with Crippen molar-refractivity contribution >= 4 is 17.5 Å². The highest BCUT2D eigenvalue weighted by atomic mass is 35.5. The predicted octanol–water partition coefficient (Wildman–Crippen LogP) is 3.81. The number of rotatable bonds is 5. The van der Waals surface area contributed by atoms with E-state index in [0.717, 1.165) is 11.1 Å². The summed E-state index contributed by atoms with van der Waals surface area (Å²) in [5.74, 6) is 1.63. The van der Waals surface area contributed by atoms with Gasteiger partial charge >= 0.3 is 0 Å². The van der Waals surface area contributed by atoms with Crippen LogP contribution in [0.1, 0.15) is 16.2 Å². The Balaban J connectivity index is 1.16. The first-order valence-corrected chi connectivity index (χ1v) is 11.0. The smallest absolute Gasteiger partial charge is 0.257 e. The maximum Gasteiger partial charge on any atom is 0.257 e. The summed E-state index contributed by atoms with van der Waals surface area (Å²) in [4.78, 5) is 30.1. The maximum absolute atomic E-state index is 12.9. The highest BCUT2D eigenvalue weighted by Crippen LogP contribution is 2.20. The van der Waals surface area contributed by atoms with E-state index in [9.17, 15) is 4.79 Å². The number of hydrogen-bond donors (Lipinski definition) is 0. The summed E-state index contributed by atoms with van der Waals surface area (Å²) in [6, 6.07) is 17.0. The third-order valence-electron chi connectivity index (χ3n) is 5.52. The molecule has 1 saturated heterocycles.